The molecule has 30 heavy (non-hydrogen) atoms. The van der Waals surface area contributed by atoms with E-state index in [1.165, 1.54) is 50.4 Å². The van der Waals surface area contributed by atoms with Crippen LogP contribution in [0.15, 0.2) is 42.5 Å². The van der Waals surface area contributed by atoms with Crippen molar-refractivity contribution in [3.63, 3.8) is 0 Å². The summed E-state index contributed by atoms with van der Waals surface area (Å²) in [6.07, 6.45) is -4.71. The average molecular weight is 426 g/mol. The number of halogens is 3. The molecule has 2 rings (SSSR count). The molecule has 0 aliphatic heterocycles. The maximum Gasteiger partial charge on any atom is 0.406 e. The van der Waals surface area contributed by atoms with E-state index in [0.29, 0.717) is 10.6 Å². The zero-order valence-corrected chi connectivity index (χ0v) is 15.9. The second kappa shape index (κ2) is 9.25. The number of rotatable bonds is 7. The number of nitro groups is 1. The number of para-hydroxylation sites is 1. The molecule has 0 heterocycles. The van der Waals surface area contributed by atoms with Crippen LogP contribution in [0.4, 0.5) is 24.5 Å². The summed E-state index contributed by atoms with van der Waals surface area (Å²) in [4.78, 5) is 35.4. The number of nitrogens with zero attached hydrogens (tertiary/aromatic N) is 2. The molecule has 0 atom stereocenters. The molecule has 0 radical (unpaired) electrons. The van der Waals surface area contributed by atoms with Crippen molar-refractivity contribution in [1.82, 2.24) is 0 Å². The molecule has 2 aromatic rings. The quantitative estimate of drug-likeness (QED) is 0.381. The Kier molecular flexibility index (Phi) is 6.98. The van der Waals surface area contributed by atoms with Gasteiger partial charge in [-0.2, -0.15) is 13.2 Å². The number of ether oxygens (including phenoxy) is 2. The van der Waals surface area contributed by atoms with Gasteiger partial charge in [-0.15, -0.1) is 0 Å². The molecule has 0 aliphatic rings. The lowest BCUT2D eigenvalue weighted by Crippen LogP contribution is -2.41. The molecule has 0 aromatic heterocycles. The van der Waals surface area contributed by atoms with Gasteiger partial charge in [0.1, 0.15) is 17.9 Å². The van der Waals surface area contributed by atoms with Crippen LogP contribution >= 0.6 is 0 Å². The van der Waals surface area contributed by atoms with Crippen molar-refractivity contribution < 1.29 is 37.2 Å². The Labute approximate surface area is 169 Å². The zero-order chi connectivity index (χ0) is 22.5. The summed E-state index contributed by atoms with van der Waals surface area (Å²) in [5.41, 5.74) is -0.801. The van der Waals surface area contributed by atoms with Crippen LogP contribution in [0.3, 0.4) is 0 Å². The number of carbonyl (C=O) groups excluding carboxylic acids is 2. The van der Waals surface area contributed by atoms with Gasteiger partial charge in [-0.05, 0) is 37.3 Å². The molecule has 0 spiro atoms. The van der Waals surface area contributed by atoms with E-state index in [-0.39, 0.29) is 11.3 Å². The van der Waals surface area contributed by atoms with Crippen LogP contribution in [0.25, 0.3) is 0 Å². The number of carbonyl (C=O) groups is 2. The molecule has 0 N–H and O–H groups in total. The van der Waals surface area contributed by atoms with Crippen molar-refractivity contribution in [2.45, 2.75) is 13.1 Å². The molecule has 0 fully saturated rings. The van der Waals surface area contributed by atoms with E-state index in [1.807, 2.05) is 0 Å². The molecule has 160 valence electrons. The highest BCUT2D eigenvalue weighted by Gasteiger charge is 2.34. The van der Waals surface area contributed by atoms with E-state index in [0.717, 1.165) is 6.07 Å². The van der Waals surface area contributed by atoms with E-state index in [9.17, 15) is 32.9 Å². The van der Waals surface area contributed by atoms with Gasteiger partial charge >= 0.3 is 12.1 Å². The Morgan fingerprint density at radius 2 is 1.77 bits per heavy atom. The van der Waals surface area contributed by atoms with Gasteiger partial charge in [-0.3, -0.25) is 14.9 Å². The van der Waals surface area contributed by atoms with Gasteiger partial charge in [-0.25, -0.2) is 4.79 Å². The number of amides is 1. The lowest BCUT2D eigenvalue weighted by atomic mass is 10.1. The number of methoxy groups -OCH3 is 1. The van der Waals surface area contributed by atoms with E-state index < -0.39 is 47.4 Å². The first-order valence-corrected chi connectivity index (χ1v) is 8.46. The van der Waals surface area contributed by atoms with Crippen molar-refractivity contribution in [2.24, 2.45) is 0 Å². The Morgan fingerprint density at radius 1 is 1.13 bits per heavy atom. The molecule has 1 amide bonds. The molecule has 2 aromatic carbocycles. The molecule has 0 bridgehead atoms. The van der Waals surface area contributed by atoms with Gasteiger partial charge in [0.15, 0.2) is 6.61 Å². The first kappa shape index (κ1) is 22.7. The highest BCUT2D eigenvalue weighted by Crippen LogP contribution is 2.26. The highest BCUT2D eigenvalue weighted by molar-refractivity contribution is 5.99. The maximum absolute atomic E-state index is 12.9. The fourth-order valence-electron chi connectivity index (χ4n) is 2.61. The number of aryl methyl sites for hydroxylation is 1. The van der Waals surface area contributed by atoms with Crippen LogP contribution in [0.1, 0.15) is 15.9 Å². The van der Waals surface area contributed by atoms with E-state index >= 15 is 0 Å². The van der Waals surface area contributed by atoms with Crippen molar-refractivity contribution >= 4 is 23.3 Å². The molecular formula is C19H17F3N2O6. The maximum atomic E-state index is 12.9. The Morgan fingerprint density at radius 3 is 2.30 bits per heavy atom. The van der Waals surface area contributed by atoms with Gasteiger partial charge in [0, 0.05) is 11.3 Å². The second-order valence-corrected chi connectivity index (χ2v) is 6.10. The van der Waals surface area contributed by atoms with Crippen molar-refractivity contribution in [2.75, 3.05) is 25.2 Å². The lowest BCUT2D eigenvalue weighted by Gasteiger charge is -2.24. The summed E-state index contributed by atoms with van der Waals surface area (Å²) in [7, 11) is 1.37. The van der Waals surface area contributed by atoms with Gasteiger partial charge in [0.25, 0.3) is 11.6 Å². The Hall–Kier alpha value is -3.63. The van der Waals surface area contributed by atoms with E-state index in [4.69, 9.17) is 9.47 Å². The number of alkyl halides is 3. The van der Waals surface area contributed by atoms with Crippen molar-refractivity contribution in [1.29, 1.82) is 0 Å². The number of hydrogen-bond donors (Lipinski definition) is 0. The first-order valence-electron chi connectivity index (χ1n) is 8.46. The largest absolute Gasteiger partial charge is 0.497 e. The summed E-state index contributed by atoms with van der Waals surface area (Å²) in [6, 6.07) is 9.16. The van der Waals surface area contributed by atoms with Crippen LogP contribution < -0.4 is 9.64 Å². The first-order chi connectivity index (χ1) is 14.0. The predicted molar refractivity (Wildman–Crippen MR) is 99.5 cm³/mol. The zero-order valence-electron chi connectivity index (χ0n) is 15.9. The number of nitro benzene ring substituents is 1. The normalized spacial score (nSPS) is 11.0. The summed E-state index contributed by atoms with van der Waals surface area (Å²) in [6.45, 7) is -1.23. The summed E-state index contributed by atoms with van der Waals surface area (Å²) in [5.74, 6) is -1.97. The summed E-state index contributed by atoms with van der Waals surface area (Å²) < 4.78 is 48.5. The molecular weight excluding hydrogens is 409 g/mol. The third-order valence-electron chi connectivity index (χ3n) is 3.99. The lowest BCUT2D eigenvalue weighted by molar-refractivity contribution is -0.385. The predicted octanol–water partition coefficient (Wildman–Crippen LogP) is 3.66. The third-order valence-corrected chi connectivity index (χ3v) is 3.99. The van der Waals surface area contributed by atoms with Crippen LogP contribution in [0.2, 0.25) is 0 Å². The molecule has 0 aliphatic carbocycles. The fraction of sp³-hybridized carbons (Fsp3) is 0.263. The molecule has 8 nitrogen and oxygen atoms in total. The average Bonchev–Trinajstić information content (AvgIpc) is 2.69. The fourth-order valence-corrected chi connectivity index (χ4v) is 2.61. The van der Waals surface area contributed by atoms with E-state index in [2.05, 4.69) is 0 Å². The monoisotopic (exact) mass is 426 g/mol. The van der Waals surface area contributed by atoms with Gasteiger partial charge in [0.2, 0.25) is 0 Å². The minimum absolute atomic E-state index is 0.0873. The number of esters is 1. The van der Waals surface area contributed by atoms with Crippen molar-refractivity contribution in [3.8, 4) is 5.75 Å². The Balaban J connectivity index is 2.20. The Bertz CT molecular complexity index is 944. The molecule has 0 saturated heterocycles. The third kappa shape index (κ3) is 5.69. The second-order valence-electron chi connectivity index (χ2n) is 6.10. The molecule has 0 saturated carbocycles. The van der Waals surface area contributed by atoms with Crippen LogP contribution in [-0.2, 0) is 9.53 Å². The number of hydrogen-bond acceptors (Lipinski definition) is 6. The van der Waals surface area contributed by atoms with Gasteiger partial charge in [-0.1, -0.05) is 12.1 Å². The van der Waals surface area contributed by atoms with Crippen LogP contribution in [0.5, 0.6) is 5.75 Å². The molecule has 11 heteroatoms. The van der Waals surface area contributed by atoms with Crippen LogP contribution in [0, 0.1) is 17.0 Å². The summed E-state index contributed by atoms with van der Waals surface area (Å²) in [5, 5.41) is 11.2. The van der Waals surface area contributed by atoms with Crippen LogP contribution in [-0.4, -0.2) is 43.2 Å². The molecule has 0 unspecified atom stereocenters. The number of benzene rings is 2. The van der Waals surface area contributed by atoms with Gasteiger partial charge < -0.3 is 14.4 Å². The van der Waals surface area contributed by atoms with Crippen molar-refractivity contribution in [3.05, 3.63) is 63.7 Å². The highest BCUT2D eigenvalue weighted by atomic mass is 19.4. The minimum atomic E-state index is -4.71. The number of anilines is 1. The SMILES string of the molecule is COc1ccc(N(CC(F)(F)F)C(=O)COC(=O)c2cccc(C)c2[N+](=O)[O-])cc1. The minimum Gasteiger partial charge on any atom is -0.497 e. The van der Waals surface area contributed by atoms with Gasteiger partial charge in [0.05, 0.1) is 12.0 Å². The van der Waals surface area contributed by atoms with E-state index in [1.54, 1.807) is 0 Å². The topological polar surface area (TPSA) is 99.0 Å². The summed E-state index contributed by atoms with van der Waals surface area (Å²) >= 11 is 0. The smallest absolute Gasteiger partial charge is 0.406 e. The standard InChI is InChI=1S/C19H17F3N2O6/c1-12-4-3-5-15(17(12)24(27)28)18(26)30-10-16(25)23(11-19(20,21)22)13-6-8-14(29-2)9-7-13/h3-9H,10-11H2,1-2H3.